The lowest BCUT2D eigenvalue weighted by Gasteiger charge is -2.40. The molecule has 124 valence electrons. The number of benzene rings is 1. The summed E-state index contributed by atoms with van der Waals surface area (Å²) in [7, 11) is 0. The van der Waals surface area contributed by atoms with Gasteiger partial charge in [0.25, 0.3) is 0 Å². The van der Waals surface area contributed by atoms with Crippen molar-refractivity contribution >= 4 is 38.5 Å². The SMILES string of the molecule is Cc1cc(Br)ccc1N=C1SCC2(CCCC2)N1C1CCCC1. The molecule has 0 radical (unpaired) electrons. The van der Waals surface area contributed by atoms with Crippen LogP contribution >= 0.6 is 27.7 Å². The molecule has 2 saturated carbocycles. The Bertz CT molecular complexity index is 616. The van der Waals surface area contributed by atoms with Gasteiger partial charge in [0.05, 0.1) is 11.2 Å². The molecule has 2 aliphatic carbocycles. The minimum Gasteiger partial charge on any atom is -0.342 e. The van der Waals surface area contributed by atoms with E-state index in [-0.39, 0.29) is 0 Å². The van der Waals surface area contributed by atoms with Crippen LogP contribution in [0.1, 0.15) is 56.9 Å². The fourth-order valence-electron chi connectivity index (χ4n) is 4.60. The first kappa shape index (κ1) is 16.0. The van der Waals surface area contributed by atoms with Crippen molar-refractivity contribution in [1.29, 1.82) is 0 Å². The third kappa shape index (κ3) is 2.97. The molecular formula is C19H25BrN2S. The highest BCUT2D eigenvalue weighted by Gasteiger charge is 2.49. The molecule has 4 rings (SSSR count). The van der Waals surface area contributed by atoms with E-state index in [0.717, 1.165) is 16.2 Å². The van der Waals surface area contributed by atoms with Crippen molar-refractivity contribution in [1.82, 2.24) is 4.90 Å². The topological polar surface area (TPSA) is 15.6 Å². The molecule has 3 fully saturated rings. The minimum absolute atomic E-state index is 0.418. The van der Waals surface area contributed by atoms with E-state index in [1.165, 1.54) is 67.9 Å². The second-order valence-electron chi connectivity index (χ2n) is 7.35. The van der Waals surface area contributed by atoms with Gasteiger partial charge in [-0.2, -0.15) is 0 Å². The maximum Gasteiger partial charge on any atom is 0.165 e. The van der Waals surface area contributed by atoms with E-state index in [1.807, 2.05) is 11.8 Å². The maximum atomic E-state index is 5.13. The monoisotopic (exact) mass is 392 g/mol. The first-order valence-electron chi connectivity index (χ1n) is 8.95. The molecule has 2 nitrogen and oxygen atoms in total. The van der Waals surface area contributed by atoms with Crippen molar-refractivity contribution in [3.05, 3.63) is 28.2 Å². The van der Waals surface area contributed by atoms with E-state index in [4.69, 9.17) is 4.99 Å². The molecule has 23 heavy (non-hydrogen) atoms. The summed E-state index contributed by atoms with van der Waals surface area (Å²) < 4.78 is 1.14. The largest absolute Gasteiger partial charge is 0.342 e. The zero-order valence-electron chi connectivity index (χ0n) is 13.9. The molecule has 0 amide bonds. The van der Waals surface area contributed by atoms with Gasteiger partial charge in [-0.15, -0.1) is 0 Å². The van der Waals surface area contributed by atoms with Gasteiger partial charge in [-0.1, -0.05) is 53.4 Å². The molecule has 1 aromatic rings. The zero-order chi connectivity index (χ0) is 15.9. The molecule has 0 aromatic heterocycles. The summed E-state index contributed by atoms with van der Waals surface area (Å²) in [6, 6.07) is 7.17. The molecule has 0 unspecified atom stereocenters. The standard InChI is InChI=1S/C19H25BrN2S/c1-14-12-15(20)8-9-17(14)21-18-22(16-6-2-3-7-16)19(13-23-18)10-4-5-11-19/h8-9,12,16H,2-7,10-11,13H2,1H3. The summed E-state index contributed by atoms with van der Waals surface area (Å²) in [5.74, 6) is 1.25. The number of thioether (sulfide) groups is 1. The number of aliphatic imine (C=N–C) groups is 1. The predicted octanol–water partition coefficient (Wildman–Crippen LogP) is 6.05. The molecule has 1 saturated heterocycles. The summed E-state index contributed by atoms with van der Waals surface area (Å²) in [5, 5.41) is 1.30. The quantitative estimate of drug-likeness (QED) is 0.608. The zero-order valence-corrected chi connectivity index (χ0v) is 16.3. The Morgan fingerprint density at radius 1 is 1.17 bits per heavy atom. The minimum atomic E-state index is 0.418. The Kier molecular flexibility index (Phi) is 4.48. The van der Waals surface area contributed by atoms with E-state index < -0.39 is 0 Å². The lowest BCUT2D eigenvalue weighted by atomic mass is 9.95. The Hall–Kier alpha value is -0.480. The van der Waals surface area contributed by atoms with Crippen LogP contribution in [-0.2, 0) is 0 Å². The van der Waals surface area contributed by atoms with E-state index in [1.54, 1.807) is 0 Å². The van der Waals surface area contributed by atoms with Crippen LogP contribution in [0, 0.1) is 6.92 Å². The lowest BCUT2D eigenvalue weighted by Crippen LogP contribution is -2.50. The fourth-order valence-corrected chi connectivity index (χ4v) is 6.54. The Morgan fingerprint density at radius 3 is 2.61 bits per heavy atom. The summed E-state index contributed by atoms with van der Waals surface area (Å²) >= 11 is 5.56. The van der Waals surface area contributed by atoms with E-state index in [9.17, 15) is 0 Å². The highest BCUT2D eigenvalue weighted by atomic mass is 79.9. The summed E-state index contributed by atoms with van der Waals surface area (Å²) in [5.41, 5.74) is 2.81. The summed E-state index contributed by atoms with van der Waals surface area (Å²) in [6.07, 6.45) is 11.0. The van der Waals surface area contributed by atoms with Crippen molar-refractivity contribution in [2.24, 2.45) is 4.99 Å². The summed E-state index contributed by atoms with van der Waals surface area (Å²) in [6.45, 7) is 2.16. The first-order valence-corrected chi connectivity index (χ1v) is 10.7. The van der Waals surface area contributed by atoms with Crippen LogP contribution in [0.2, 0.25) is 0 Å². The van der Waals surface area contributed by atoms with Gasteiger partial charge >= 0.3 is 0 Å². The molecule has 0 atom stereocenters. The predicted molar refractivity (Wildman–Crippen MR) is 104 cm³/mol. The first-order chi connectivity index (χ1) is 11.2. The van der Waals surface area contributed by atoms with Crippen LogP contribution < -0.4 is 0 Å². The van der Waals surface area contributed by atoms with Crippen molar-refractivity contribution in [3.63, 3.8) is 0 Å². The van der Waals surface area contributed by atoms with E-state index in [0.29, 0.717) is 5.54 Å². The van der Waals surface area contributed by atoms with Gasteiger partial charge in [-0.3, -0.25) is 0 Å². The average Bonchev–Trinajstić information content (AvgIpc) is 3.25. The second-order valence-corrected chi connectivity index (χ2v) is 9.21. The number of hydrogen-bond acceptors (Lipinski definition) is 2. The second kappa shape index (κ2) is 6.44. The average molecular weight is 393 g/mol. The van der Waals surface area contributed by atoms with Crippen molar-refractivity contribution in [2.75, 3.05) is 5.75 Å². The Balaban J connectivity index is 1.70. The number of amidine groups is 1. The van der Waals surface area contributed by atoms with E-state index >= 15 is 0 Å². The van der Waals surface area contributed by atoms with Gasteiger partial charge in [-0.25, -0.2) is 4.99 Å². The van der Waals surface area contributed by atoms with Crippen LogP contribution in [0.5, 0.6) is 0 Å². The molecular weight excluding hydrogens is 368 g/mol. The number of nitrogens with zero attached hydrogens (tertiary/aromatic N) is 2. The number of aryl methyl sites for hydroxylation is 1. The number of halogens is 1. The smallest absolute Gasteiger partial charge is 0.165 e. The molecule has 1 heterocycles. The van der Waals surface area contributed by atoms with Crippen LogP contribution in [-0.4, -0.2) is 27.4 Å². The van der Waals surface area contributed by atoms with Gasteiger partial charge < -0.3 is 4.90 Å². The normalized spacial score (nSPS) is 26.0. The molecule has 0 N–H and O–H groups in total. The van der Waals surface area contributed by atoms with Crippen molar-refractivity contribution < 1.29 is 0 Å². The molecule has 1 aliphatic heterocycles. The van der Waals surface area contributed by atoms with Crippen LogP contribution in [0.15, 0.2) is 27.7 Å². The van der Waals surface area contributed by atoms with Crippen LogP contribution in [0.3, 0.4) is 0 Å². The Labute approximate surface area is 152 Å². The third-order valence-electron chi connectivity index (χ3n) is 5.79. The maximum absolute atomic E-state index is 5.13. The van der Waals surface area contributed by atoms with Gasteiger partial charge in [-0.05, 0) is 56.4 Å². The lowest BCUT2D eigenvalue weighted by molar-refractivity contribution is 0.163. The van der Waals surface area contributed by atoms with Crippen LogP contribution in [0.25, 0.3) is 0 Å². The van der Waals surface area contributed by atoms with Gasteiger partial charge in [0.1, 0.15) is 0 Å². The Morgan fingerprint density at radius 2 is 1.91 bits per heavy atom. The molecule has 3 aliphatic rings. The number of rotatable bonds is 2. The van der Waals surface area contributed by atoms with Crippen molar-refractivity contribution in [2.45, 2.75) is 69.9 Å². The highest BCUT2D eigenvalue weighted by Crippen LogP contribution is 2.48. The molecule has 1 aromatic carbocycles. The van der Waals surface area contributed by atoms with Crippen molar-refractivity contribution in [3.8, 4) is 0 Å². The van der Waals surface area contributed by atoms with Gasteiger partial charge in [0.15, 0.2) is 5.17 Å². The molecule has 0 bridgehead atoms. The third-order valence-corrected chi connectivity index (χ3v) is 7.51. The van der Waals surface area contributed by atoms with Gasteiger partial charge in [0.2, 0.25) is 0 Å². The summed E-state index contributed by atoms with van der Waals surface area (Å²) in [4.78, 5) is 7.91. The molecule has 4 heteroatoms. The highest BCUT2D eigenvalue weighted by molar-refractivity contribution is 9.10. The van der Waals surface area contributed by atoms with E-state index in [2.05, 4.69) is 46.0 Å². The van der Waals surface area contributed by atoms with Crippen LogP contribution in [0.4, 0.5) is 5.69 Å². The fraction of sp³-hybridized carbons (Fsp3) is 0.632. The number of hydrogen-bond donors (Lipinski definition) is 0. The molecule has 1 spiro atoms. The van der Waals surface area contributed by atoms with Gasteiger partial charge in [0, 0.05) is 16.3 Å².